The van der Waals surface area contributed by atoms with E-state index in [9.17, 15) is 4.79 Å². The van der Waals surface area contributed by atoms with Gasteiger partial charge in [0.25, 0.3) is 5.91 Å². The molecule has 1 amide bonds. The monoisotopic (exact) mass is 246 g/mol. The van der Waals surface area contributed by atoms with Crippen LogP contribution in [0.2, 0.25) is 0 Å². The fraction of sp³-hybridized carbons (Fsp3) is 0.533. The molecule has 2 rings (SSSR count). The Balaban J connectivity index is 1.89. The molecular weight excluding hydrogens is 224 g/mol. The lowest BCUT2D eigenvalue weighted by atomic mass is 10.1. The van der Waals surface area contributed by atoms with Crippen LogP contribution in [0.15, 0.2) is 18.2 Å². The molecule has 1 saturated heterocycles. The number of nitrogens with one attached hydrogen (secondary N) is 1. The maximum absolute atomic E-state index is 12.0. The first-order valence-corrected chi connectivity index (χ1v) is 6.60. The van der Waals surface area contributed by atoms with Crippen molar-refractivity contribution in [3.8, 4) is 0 Å². The Morgan fingerprint density at radius 1 is 1.39 bits per heavy atom. The molecule has 98 valence electrons. The highest BCUT2D eigenvalue weighted by Crippen LogP contribution is 2.14. The number of hydrogen-bond donors (Lipinski definition) is 1. The smallest absolute Gasteiger partial charge is 0.251 e. The van der Waals surface area contributed by atoms with Gasteiger partial charge in [0.1, 0.15) is 0 Å². The summed E-state index contributed by atoms with van der Waals surface area (Å²) in [4.78, 5) is 14.3. The highest BCUT2D eigenvalue weighted by atomic mass is 16.1. The normalized spacial score (nSPS) is 20.1. The Morgan fingerprint density at radius 2 is 2.17 bits per heavy atom. The van der Waals surface area contributed by atoms with Crippen LogP contribution in [0.4, 0.5) is 0 Å². The number of hydrogen-bond acceptors (Lipinski definition) is 2. The zero-order valence-corrected chi connectivity index (χ0v) is 11.5. The van der Waals surface area contributed by atoms with Crippen LogP contribution in [0.25, 0.3) is 0 Å². The first-order valence-electron chi connectivity index (χ1n) is 6.60. The van der Waals surface area contributed by atoms with E-state index in [2.05, 4.69) is 24.2 Å². The summed E-state index contributed by atoms with van der Waals surface area (Å²) in [6.45, 7) is 7.12. The highest BCUT2D eigenvalue weighted by Gasteiger charge is 2.19. The van der Waals surface area contributed by atoms with Gasteiger partial charge in [0.2, 0.25) is 0 Å². The number of nitrogens with zero attached hydrogens (tertiary/aromatic N) is 1. The summed E-state index contributed by atoms with van der Waals surface area (Å²) < 4.78 is 0. The van der Waals surface area contributed by atoms with Gasteiger partial charge in [-0.2, -0.15) is 0 Å². The van der Waals surface area contributed by atoms with Crippen LogP contribution in [0.3, 0.4) is 0 Å². The third-order valence-corrected chi connectivity index (χ3v) is 3.81. The van der Waals surface area contributed by atoms with E-state index in [1.165, 1.54) is 17.5 Å². The fourth-order valence-electron chi connectivity index (χ4n) is 2.41. The molecule has 3 heteroatoms. The van der Waals surface area contributed by atoms with E-state index in [1.54, 1.807) is 0 Å². The van der Waals surface area contributed by atoms with Crippen LogP contribution in [-0.4, -0.2) is 37.5 Å². The minimum atomic E-state index is 0.0488. The number of likely N-dealkylation sites (tertiary alicyclic amines) is 1. The van der Waals surface area contributed by atoms with Crippen molar-refractivity contribution in [2.24, 2.45) is 5.92 Å². The number of aryl methyl sites for hydroxylation is 2. The van der Waals surface area contributed by atoms with Gasteiger partial charge in [-0.25, -0.2) is 0 Å². The Labute approximate surface area is 109 Å². The third-order valence-electron chi connectivity index (χ3n) is 3.81. The van der Waals surface area contributed by atoms with Crippen LogP contribution in [0, 0.1) is 19.8 Å². The van der Waals surface area contributed by atoms with Crippen LogP contribution >= 0.6 is 0 Å². The molecule has 0 radical (unpaired) electrons. The van der Waals surface area contributed by atoms with Crippen molar-refractivity contribution in [1.82, 2.24) is 10.2 Å². The van der Waals surface area contributed by atoms with E-state index in [0.717, 1.165) is 25.2 Å². The van der Waals surface area contributed by atoms with Crippen molar-refractivity contribution in [3.63, 3.8) is 0 Å². The molecule has 1 aromatic carbocycles. The second kappa shape index (κ2) is 5.53. The van der Waals surface area contributed by atoms with Gasteiger partial charge in [-0.05, 0) is 63.0 Å². The highest BCUT2D eigenvalue weighted by molar-refractivity contribution is 5.94. The summed E-state index contributed by atoms with van der Waals surface area (Å²) in [5.41, 5.74) is 3.16. The molecule has 1 aromatic rings. The number of carbonyl (C=O) groups excluding carboxylic acids is 1. The molecule has 0 saturated carbocycles. The van der Waals surface area contributed by atoms with Gasteiger partial charge in [-0.1, -0.05) is 6.07 Å². The van der Waals surface area contributed by atoms with Crippen molar-refractivity contribution >= 4 is 5.91 Å². The largest absolute Gasteiger partial charge is 0.352 e. The second-order valence-corrected chi connectivity index (χ2v) is 5.43. The molecule has 0 aliphatic carbocycles. The Morgan fingerprint density at radius 3 is 2.78 bits per heavy atom. The van der Waals surface area contributed by atoms with Crippen molar-refractivity contribution in [3.05, 3.63) is 34.9 Å². The number of benzene rings is 1. The summed E-state index contributed by atoms with van der Waals surface area (Å²) in [7, 11) is 2.13. The molecule has 0 bridgehead atoms. The molecule has 1 heterocycles. The molecule has 1 aliphatic rings. The average Bonchev–Trinajstić information content (AvgIpc) is 2.75. The molecule has 18 heavy (non-hydrogen) atoms. The lowest BCUT2D eigenvalue weighted by molar-refractivity contribution is 0.0947. The average molecular weight is 246 g/mol. The van der Waals surface area contributed by atoms with Crippen molar-refractivity contribution in [1.29, 1.82) is 0 Å². The van der Waals surface area contributed by atoms with Crippen LogP contribution in [0.5, 0.6) is 0 Å². The van der Waals surface area contributed by atoms with Gasteiger partial charge in [-0.3, -0.25) is 4.79 Å². The predicted octanol–water partition coefficient (Wildman–Crippen LogP) is 1.98. The predicted molar refractivity (Wildman–Crippen MR) is 73.9 cm³/mol. The van der Waals surface area contributed by atoms with Gasteiger partial charge in [0.05, 0.1) is 0 Å². The molecule has 1 aliphatic heterocycles. The van der Waals surface area contributed by atoms with E-state index in [-0.39, 0.29) is 5.91 Å². The summed E-state index contributed by atoms with van der Waals surface area (Å²) in [6, 6.07) is 5.87. The maximum Gasteiger partial charge on any atom is 0.251 e. The molecule has 0 aromatic heterocycles. The topological polar surface area (TPSA) is 32.3 Å². The molecular formula is C15H22N2O. The summed E-state index contributed by atoms with van der Waals surface area (Å²) >= 11 is 0. The molecule has 1 unspecified atom stereocenters. The molecule has 3 nitrogen and oxygen atoms in total. The first kappa shape index (κ1) is 13.1. The van der Waals surface area contributed by atoms with Crippen LogP contribution in [-0.2, 0) is 0 Å². The van der Waals surface area contributed by atoms with E-state index in [0.29, 0.717) is 5.92 Å². The number of carbonyl (C=O) groups is 1. The minimum absolute atomic E-state index is 0.0488. The maximum atomic E-state index is 12.0. The van der Waals surface area contributed by atoms with Gasteiger partial charge in [-0.15, -0.1) is 0 Å². The van der Waals surface area contributed by atoms with Gasteiger partial charge >= 0.3 is 0 Å². The van der Waals surface area contributed by atoms with Gasteiger partial charge < -0.3 is 10.2 Å². The quantitative estimate of drug-likeness (QED) is 0.884. The zero-order chi connectivity index (χ0) is 13.1. The molecule has 0 spiro atoms. The van der Waals surface area contributed by atoms with Crippen LogP contribution < -0.4 is 5.32 Å². The van der Waals surface area contributed by atoms with E-state index < -0.39 is 0 Å². The van der Waals surface area contributed by atoms with Crippen molar-refractivity contribution < 1.29 is 4.79 Å². The lowest BCUT2D eigenvalue weighted by Crippen LogP contribution is -2.30. The first-order chi connectivity index (χ1) is 8.56. The van der Waals surface area contributed by atoms with E-state index in [1.807, 2.05) is 25.1 Å². The number of amides is 1. The summed E-state index contributed by atoms with van der Waals surface area (Å²) in [5, 5.41) is 3.04. The van der Waals surface area contributed by atoms with E-state index >= 15 is 0 Å². The lowest BCUT2D eigenvalue weighted by Gasteiger charge is -2.12. The Bertz CT molecular complexity index is 442. The van der Waals surface area contributed by atoms with Crippen molar-refractivity contribution in [2.75, 3.05) is 26.7 Å². The SMILES string of the molecule is Cc1ccc(C(=O)NCC2CCN(C)C2)cc1C. The molecule has 1 fully saturated rings. The molecule has 1 N–H and O–H groups in total. The summed E-state index contributed by atoms with van der Waals surface area (Å²) in [5.74, 6) is 0.651. The van der Waals surface area contributed by atoms with Crippen molar-refractivity contribution in [2.45, 2.75) is 20.3 Å². The Kier molecular flexibility index (Phi) is 4.02. The Hall–Kier alpha value is -1.35. The summed E-state index contributed by atoms with van der Waals surface area (Å²) in [6.07, 6.45) is 1.18. The van der Waals surface area contributed by atoms with Gasteiger partial charge in [0, 0.05) is 18.7 Å². The van der Waals surface area contributed by atoms with Gasteiger partial charge in [0.15, 0.2) is 0 Å². The standard InChI is InChI=1S/C15H22N2O/c1-11-4-5-14(8-12(11)2)15(18)16-9-13-6-7-17(3)10-13/h4-5,8,13H,6-7,9-10H2,1-3H3,(H,16,18). The van der Waals surface area contributed by atoms with Crippen LogP contribution in [0.1, 0.15) is 27.9 Å². The fourth-order valence-corrected chi connectivity index (χ4v) is 2.41. The zero-order valence-electron chi connectivity index (χ0n) is 11.5. The second-order valence-electron chi connectivity index (χ2n) is 5.43. The minimum Gasteiger partial charge on any atom is -0.352 e. The molecule has 1 atom stereocenters. The van der Waals surface area contributed by atoms with E-state index in [4.69, 9.17) is 0 Å². The third kappa shape index (κ3) is 3.10. The number of rotatable bonds is 3.